The summed E-state index contributed by atoms with van der Waals surface area (Å²) in [5, 5.41) is 18.1. The lowest BCUT2D eigenvalue weighted by molar-refractivity contribution is 0.444. The molecule has 0 spiro atoms. The third-order valence-corrected chi connectivity index (χ3v) is 1.78. The number of aromatic hydroxyl groups is 2. The molecule has 15 heavy (non-hydrogen) atoms. The monoisotopic (exact) mass is 203 g/mol. The summed E-state index contributed by atoms with van der Waals surface area (Å²) >= 11 is 0. The van der Waals surface area contributed by atoms with E-state index in [0.717, 1.165) is 0 Å². The zero-order valence-electron chi connectivity index (χ0n) is 7.79. The van der Waals surface area contributed by atoms with Crippen molar-refractivity contribution in [2.45, 2.75) is 0 Å². The maximum absolute atomic E-state index is 9.05. The Balaban J connectivity index is 2.15. The van der Waals surface area contributed by atoms with Gasteiger partial charge >= 0.3 is 0 Å². The number of hydrogen-bond donors (Lipinski definition) is 2. The second-order valence-corrected chi connectivity index (χ2v) is 2.95. The molecule has 1 aromatic heterocycles. The van der Waals surface area contributed by atoms with E-state index in [4.69, 9.17) is 14.9 Å². The van der Waals surface area contributed by atoms with Gasteiger partial charge in [-0.3, -0.25) is 0 Å². The van der Waals surface area contributed by atoms with Crippen LogP contribution < -0.4 is 4.74 Å². The molecule has 4 heteroatoms. The van der Waals surface area contributed by atoms with Crippen molar-refractivity contribution in [1.82, 2.24) is 4.98 Å². The topological polar surface area (TPSA) is 62.6 Å². The van der Waals surface area contributed by atoms with E-state index in [1.165, 1.54) is 24.4 Å². The highest BCUT2D eigenvalue weighted by molar-refractivity contribution is 5.33. The first-order valence-electron chi connectivity index (χ1n) is 4.36. The number of hydrogen-bond acceptors (Lipinski definition) is 4. The Morgan fingerprint density at radius 2 is 1.53 bits per heavy atom. The fraction of sp³-hybridized carbons (Fsp3) is 0. The molecule has 2 rings (SSSR count). The lowest BCUT2D eigenvalue weighted by Gasteiger charge is -2.03. The van der Waals surface area contributed by atoms with Crippen LogP contribution in [0, 0.1) is 0 Å². The van der Waals surface area contributed by atoms with Crippen molar-refractivity contribution in [2.24, 2.45) is 0 Å². The molecular formula is C11H9NO3. The van der Waals surface area contributed by atoms with Crippen LogP contribution in [0.5, 0.6) is 23.1 Å². The second kappa shape index (κ2) is 3.88. The second-order valence-electron chi connectivity index (χ2n) is 2.95. The molecule has 1 aromatic carbocycles. The molecule has 2 aromatic rings. The maximum atomic E-state index is 9.05. The molecule has 0 atom stereocenters. The predicted molar refractivity (Wildman–Crippen MR) is 54.1 cm³/mol. The summed E-state index contributed by atoms with van der Waals surface area (Å²) in [6, 6.07) is 9.35. The van der Waals surface area contributed by atoms with E-state index in [1.807, 2.05) is 0 Å². The van der Waals surface area contributed by atoms with Crippen LogP contribution in [0.25, 0.3) is 0 Å². The van der Waals surface area contributed by atoms with Gasteiger partial charge < -0.3 is 14.9 Å². The van der Waals surface area contributed by atoms with Gasteiger partial charge in [0.25, 0.3) is 0 Å². The van der Waals surface area contributed by atoms with Gasteiger partial charge in [0.2, 0.25) is 5.88 Å². The van der Waals surface area contributed by atoms with Crippen LogP contribution in [-0.4, -0.2) is 15.2 Å². The van der Waals surface area contributed by atoms with Crippen molar-refractivity contribution in [3.05, 3.63) is 42.6 Å². The molecule has 0 unspecified atom stereocenters. The number of ether oxygens (including phenoxy) is 1. The highest BCUT2D eigenvalue weighted by Crippen LogP contribution is 2.22. The van der Waals surface area contributed by atoms with Crippen LogP contribution in [0.2, 0.25) is 0 Å². The molecule has 0 saturated heterocycles. The fourth-order valence-electron chi connectivity index (χ4n) is 1.07. The van der Waals surface area contributed by atoms with Crippen LogP contribution in [0.15, 0.2) is 42.6 Å². The van der Waals surface area contributed by atoms with Crippen molar-refractivity contribution in [3.63, 3.8) is 0 Å². The Hall–Kier alpha value is -2.23. The van der Waals surface area contributed by atoms with Gasteiger partial charge in [-0.15, -0.1) is 0 Å². The molecule has 2 N–H and O–H groups in total. The lowest BCUT2D eigenvalue weighted by atomic mass is 10.3. The number of pyridine rings is 1. The summed E-state index contributed by atoms with van der Waals surface area (Å²) in [5.41, 5.74) is 0. The van der Waals surface area contributed by atoms with E-state index in [1.54, 1.807) is 18.2 Å². The summed E-state index contributed by atoms with van der Waals surface area (Å²) in [7, 11) is 0. The highest BCUT2D eigenvalue weighted by atomic mass is 16.5. The third kappa shape index (κ3) is 2.37. The SMILES string of the molecule is Oc1ccc(Oc2ccc(O)cn2)cc1. The fourth-order valence-corrected chi connectivity index (χ4v) is 1.07. The average molecular weight is 203 g/mol. The Kier molecular flexibility index (Phi) is 2.41. The zero-order chi connectivity index (χ0) is 10.7. The van der Waals surface area contributed by atoms with Gasteiger partial charge in [-0.05, 0) is 30.3 Å². The van der Waals surface area contributed by atoms with Crippen LogP contribution in [0.3, 0.4) is 0 Å². The summed E-state index contributed by atoms with van der Waals surface area (Å²) in [5.74, 6) is 1.23. The number of phenolic OH excluding ortho intramolecular Hbond substituents is 1. The first-order valence-corrected chi connectivity index (χ1v) is 4.36. The molecule has 0 aliphatic carbocycles. The average Bonchev–Trinajstić information content (AvgIpc) is 2.25. The molecule has 4 nitrogen and oxygen atoms in total. The van der Waals surface area contributed by atoms with Gasteiger partial charge in [-0.1, -0.05) is 0 Å². The van der Waals surface area contributed by atoms with Gasteiger partial charge in [-0.2, -0.15) is 0 Å². The minimum absolute atomic E-state index is 0.0908. The van der Waals surface area contributed by atoms with E-state index in [2.05, 4.69) is 4.98 Å². The first kappa shape index (κ1) is 9.33. The Morgan fingerprint density at radius 1 is 0.867 bits per heavy atom. The summed E-state index contributed by atoms with van der Waals surface area (Å²) in [6.07, 6.45) is 1.30. The zero-order valence-corrected chi connectivity index (χ0v) is 7.79. The Labute approximate surface area is 86.4 Å². The maximum Gasteiger partial charge on any atom is 0.219 e. The van der Waals surface area contributed by atoms with Crippen molar-refractivity contribution in [2.75, 3.05) is 0 Å². The van der Waals surface area contributed by atoms with E-state index in [9.17, 15) is 0 Å². The van der Waals surface area contributed by atoms with E-state index < -0.39 is 0 Å². The van der Waals surface area contributed by atoms with E-state index >= 15 is 0 Å². The number of rotatable bonds is 2. The highest BCUT2D eigenvalue weighted by Gasteiger charge is 1.98. The van der Waals surface area contributed by atoms with Crippen molar-refractivity contribution in [3.8, 4) is 23.1 Å². The van der Waals surface area contributed by atoms with E-state index in [-0.39, 0.29) is 11.5 Å². The van der Waals surface area contributed by atoms with Gasteiger partial charge in [0, 0.05) is 6.07 Å². The first-order chi connectivity index (χ1) is 7.24. The predicted octanol–water partition coefficient (Wildman–Crippen LogP) is 2.29. The van der Waals surface area contributed by atoms with Gasteiger partial charge in [0.1, 0.15) is 17.2 Å². The summed E-state index contributed by atoms with van der Waals surface area (Å²) < 4.78 is 5.36. The smallest absolute Gasteiger partial charge is 0.219 e. The van der Waals surface area contributed by atoms with Crippen molar-refractivity contribution in [1.29, 1.82) is 0 Å². The van der Waals surface area contributed by atoms with Crippen LogP contribution in [0.1, 0.15) is 0 Å². The molecule has 0 radical (unpaired) electrons. The van der Waals surface area contributed by atoms with E-state index in [0.29, 0.717) is 11.6 Å². The minimum atomic E-state index is 0.0908. The van der Waals surface area contributed by atoms with Gasteiger partial charge in [0.15, 0.2) is 0 Å². The van der Waals surface area contributed by atoms with Crippen LogP contribution in [-0.2, 0) is 0 Å². The largest absolute Gasteiger partial charge is 0.508 e. The van der Waals surface area contributed by atoms with Crippen molar-refractivity contribution >= 4 is 0 Å². The molecule has 0 saturated carbocycles. The number of phenols is 1. The third-order valence-electron chi connectivity index (χ3n) is 1.78. The molecular weight excluding hydrogens is 194 g/mol. The normalized spacial score (nSPS) is 9.87. The summed E-state index contributed by atoms with van der Waals surface area (Å²) in [4.78, 5) is 3.86. The molecule has 0 aliphatic heterocycles. The Morgan fingerprint density at radius 3 is 2.13 bits per heavy atom. The molecule has 0 amide bonds. The number of benzene rings is 1. The molecule has 0 bridgehead atoms. The molecule has 0 fully saturated rings. The van der Waals surface area contributed by atoms with Crippen LogP contribution in [0.4, 0.5) is 0 Å². The van der Waals surface area contributed by atoms with Gasteiger partial charge in [0.05, 0.1) is 6.20 Å². The molecule has 76 valence electrons. The Bertz CT molecular complexity index is 393. The lowest BCUT2D eigenvalue weighted by Crippen LogP contribution is -1.86. The van der Waals surface area contributed by atoms with Gasteiger partial charge in [-0.25, -0.2) is 4.98 Å². The number of aromatic nitrogens is 1. The van der Waals surface area contributed by atoms with Crippen LogP contribution >= 0.6 is 0 Å². The standard InChI is InChI=1S/C11H9NO3/c13-8-1-4-10(5-2-8)15-11-6-3-9(14)7-12-11/h1-7,13-14H. The van der Waals surface area contributed by atoms with Crippen molar-refractivity contribution < 1.29 is 14.9 Å². The number of nitrogens with zero attached hydrogens (tertiary/aromatic N) is 1. The molecule has 1 heterocycles. The quantitative estimate of drug-likeness (QED) is 0.786. The summed E-state index contributed by atoms with van der Waals surface area (Å²) in [6.45, 7) is 0. The minimum Gasteiger partial charge on any atom is -0.508 e. The molecule has 0 aliphatic rings.